The van der Waals surface area contributed by atoms with Gasteiger partial charge in [-0.15, -0.1) is 0 Å². The Morgan fingerprint density at radius 1 is 0.429 bits per heavy atom. The summed E-state index contributed by atoms with van der Waals surface area (Å²) in [5, 5.41) is 0. The first-order valence-electron chi connectivity index (χ1n) is 18.6. The molecule has 0 fully saturated rings. The summed E-state index contributed by atoms with van der Waals surface area (Å²) in [5.74, 6) is -0.394. The first-order chi connectivity index (χ1) is 20.6. The van der Waals surface area contributed by atoms with E-state index in [0.717, 1.165) is 32.1 Å². The second-order valence-electron chi connectivity index (χ2n) is 12.5. The molecular weight excluding hydrogens is 524 g/mol. The molecular formula is C37H72O5. The van der Waals surface area contributed by atoms with Gasteiger partial charge in [-0.1, -0.05) is 168 Å². The summed E-state index contributed by atoms with van der Waals surface area (Å²) in [6.07, 6.45) is 32.3. The van der Waals surface area contributed by atoms with Crippen molar-refractivity contribution in [3.8, 4) is 0 Å². The van der Waals surface area contributed by atoms with Crippen molar-refractivity contribution in [1.82, 2.24) is 0 Å². The highest BCUT2D eigenvalue weighted by Crippen LogP contribution is 2.13. The molecule has 1 atom stereocenters. The van der Waals surface area contributed by atoms with E-state index in [1.807, 2.05) is 0 Å². The van der Waals surface area contributed by atoms with E-state index in [1.165, 1.54) is 135 Å². The normalized spacial score (nSPS) is 12.0. The van der Waals surface area contributed by atoms with E-state index in [4.69, 9.17) is 14.2 Å². The van der Waals surface area contributed by atoms with Crippen LogP contribution in [0.5, 0.6) is 0 Å². The Morgan fingerprint density at radius 2 is 0.786 bits per heavy atom. The van der Waals surface area contributed by atoms with Crippen LogP contribution < -0.4 is 0 Å². The van der Waals surface area contributed by atoms with Crippen molar-refractivity contribution in [3.63, 3.8) is 0 Å². The number of esters is 2. The average molecular weight is 597 g/mol. The molecule has 0 bridgehead atoms. The minimum atomic E-state index is -0.516. The Hall–Kier alpha value is -1.10. The van der Waals surface area contributed by atoms with Gasteiger partial charge in [-0.3, -0.25) is 9.59 Å². The minimum Gasteiger partial charge on any atom is -0.462 e. The fourth-order valence-electron chi connectivity index (χ4n) is 5.33. The number of carbonyl (C=O) groups excluding carboxylic acids is 2. The molecule has 0 aliphatic heterocycles. The van der Waals surface area contributed by atoms with Crippen LogP contribution in [0.25, 0.3) is 0 Å². The van der Waals surface area contributed by atoms with Crippen LogP contribution in [-0.4, -0.2) is 37.9 Å². The molecule has 0 N–H and O–H groups in total. The molecule has 1 unspecified atom stereocenters. The Labute approximate surface area is 262 Å². The Balaban J connectivity index is 4.19. The van der Waals surface area contributed by atoms with Gasteiger partial charge >= 0.3 is 11.9 Å². The van der Waals surface area contributed by atoms with Gasteiger partial charge in [0.05, 0.1) is 6.61 Å². The number of carbonyl (C=O) groups is 2. The third-order valence-corrected chi connectivity index (χ3v) is 8.14. The van der Waals surface area contributed by atoms with Gasteiger partial charge in [0.1, 0.15) is 6.61 Å². The highest BCUT2D eigenvalue weighted by molar-refractivity contribution is 5.70. The number of unbranched alkanes of at least 4 members (excludes halogenated alkanes) is 23. The highest BCUT2D eigenvalue weighted by atomic mass is 16.6. The van der Waals surface area contributed by atoms with E-state index >= 15 is 0 Å². The van der Waals surface area contributed by atoms with Crippen molar-refractivity contribution in [2.24, 2.45) is 0 Å². The lowest BCUT2D eigenvalue weighted by Gasteiger charge is -2.18. The van der Waals surface area contributed by atoms with Crippen molar-refractivity contribution in [2.75, 3.05) is 19.8 Å². The van der Waals surface area contributed by atoms with Crippen molar-refractivity contribution in [1.29, 1.82) is 0 Å². The summed E-state index contributed by atoms with van der Waals surface area (Å²) >= 11 is 0. The highest BCUT2D eigenvalue weighted by Gasteiger charge is 2.17. The van der Waals surface area contributed by atoms with Crippen LogP contribution in [0.2, 0.25) is 0 Å². The number of rotatable bonds is 34. The van der Waals surface area contributed by atoms with Crippen molar-refractivity contribution in [3.05, 3.63) is 0 Å². The zero-order chi connectivity index (χ0) is 30.8. The molecule has 42 heavy (non-hydrogen) atoms. The standard InChI is InChI=1S/C37H72O5/c1-4-7-10-13-16-19-21-24-27-30-36(38)41-34-35(33-40-32-29-26-23-18-15-12-9-6-3)42-37(39)31-28-25-22-20-17-14-11-8-5-2/h35H,4-34H2,1-3H3. The van der Waals surface area contributed by atoms with Crippen LogP contribution in [0, 0.1) is 0 Å². The van der Waals surface area contributed by atoms with Crippen LogP contribution in [-0.2, 0) is 23.8 Å². The lowest BCUT2D eigenvalue weighted by molar-refractivity contribution is -0.163. The first-order valence-corrected chi connectivity index (χ1v) is 18.6. The number of hydrogen-bond acceptors (Lipinski definition) is 5. The van der Waals surface area contributed by atoms with E-state index in [-0.39, 0.29) is 18.5 Å². The van der Waals surface area contributed by atoms with Crippen LogP contribution in [0.1, 0.15) is 201 Å². The van der Waals surface area contributed by atoms with Crippen LogP contribution in [0.3, 0.4) is 0 Å². The van der Waals surface area contributed by atoms with Crippen molar-refractivity contribution < 1.29 is 23.8 Å². The molecule has 0 radical (unpaired) electrons. The van der Waals surface area contributed by atoms with E-state index in [1.54, 1.807) is 0 Å². The molecule has 0 rings (SSSR count). The second kappa shape index (κ2) is 34.4. The third kappa shape index (κ3) is 31.8. The largest absolute Gasteiger partial charge is 0.462 e. The predicted molar refractivity (Wildman–Crippen MR) is 178 cm³/mol. The quantitative estimate of drug-likeness (QED) is 0.0546. The van der Waals surface area contributed by atoms with Crippen LogP contribution >= 0.6 is 0 Å². The zero-order valence-corrected chi connectivity index (χ0v) is 28.5. The van der Waals surface area contributed by atoms with Crippen LogP contribution in [0.4, 0.5) is 0 Å². The number of hydrogen-bond donors (Lipinski definition) is 0. The smallest absolute Gasteiger partial charge is 0.306 e. The number of ether oxygens (including phenoxy) is 3. The molecule has 0 saturated carbocycles. The summed E-state index contributed by atoms with van der Waals surface area (Å²) in [6, 6.07) is 0. The van der Waals surface area contributed by atoms with Gasteiger partial charge in [0, 0.05) is 19.4 Å². The fraction of sp³-hybridized carbons (Fsp3) is 0.946. The summed E-state index contributed by atoms with van der Waals surface area (Å²) in [5.41, 5.74) is 0. The Kier molecular flexibility index (Phi) is 33.5. The maximum atomic E-state index is 12.5. The van der Waals surface area contributed by atoms with Gasteiger partial charge in [-0.25, -0.2) is 0 Å². The van der Waals surface area contributed by atoms with Gasteiger partial charge in [-0.05, 0) is 19.3 Å². The molecule has 0 aliphatic carbocycles. The van der Waals surface area contributed by atoms with Gasteiger partial charge < -0.3 is 14.2 Å². The molecule has 0 aromatic carbocycles. The van der Waals surface area contributed by atoms with Gasteiger partial charge in [-0.2, -0.15) is 0 Å². The summed E-state index contributed by atoms with van der Waals surface area (Å²) < 4.78 is 17.1. The molecule has 0 aromatic rings. The monoisotopic (exact) mass is 597 g/mol. The van der Waals surface area contributed by atoms with E-state index < -0.39 is 6.10 Å². The Morgan fingerprint density at radius 3 is 1.21 bits per heavy atom. The topological polar surface area (TPSA) is 61.8 Å². The molecule has 0 heterocycles. The molecule has 0 saturated heterocycles. The summed E-state index contributed by atoms with van der Waals surface area (Å²) in [7, 11) is 0. The first kappa shape index (κ1) is 40.9. The van der Waals surface area contributed by atoms with Crippen molar-refractivity contribution in [2.45, 2.75) is 207 Å². The molecule has 0 aliphatic rings. The molecule has 0 spiro atoms. The minimum absolute atomic E-state index is 0.0944. The predicted octanol–water partition coefficient (Wildman–Crippen LogP) is 11.4. The molecule has 250 valence electrons. The lowest BCUT2D eigenvalue weighted by Crippen LogP contribution is -2.30. The zero-order valence-electron chi connectivity index (χ0n) is 28.5. The van der Waals surface area contributed by atoms with Gasteiger partial charge in [0.25, 0.3) is 0 Å². The van der Waals surface area contributed by atoms with E-state index in [2.05, 4.69) is 20.8 Å². The maximum absolute atomic E-state index is 12.5. The average Bonchev–Trinajstić information content (AvgIpc) is 2.99. The van der Waals surface area contributed by atoms with Gasteiger partial charge in [0.2, 0.25) is 0 Å². The Bertz CT molecular complexity index is 564. The second-order valence-corrected chi connectivity index (χ2v) is 12.5. The summed E-state index contributed by atoms with van der Waals surface area (Å²) in [6.45, 7) is 7.79. The summed E-state index contributed by atoms with van der Waals surface area (Å²) in [4.78, 5) is 24.9. The molecule has 5 heteroatoms. The molecule has 0 aromatic heterocycles. The molecule has 5 nitrogen and oxygen atoms in total. The SMILES string of the molecule is CCCCCCCCCCCC(=O)OCC(COCCCCCCCCCC)OC(=O)CCCCCCCCCCC. The fourth-order valence-corrected chi connectivity index (χ4v) is 5.33. The molecule has 0 amide bonds. The van der Waals surface area contributed by atoms with Gasteiger partial charge in [0.15, 0.2) is 6.10 Å². The lowest BCUT2D eigenvalue weighted by atomic mass is 10.1. The van der Waals surface area contributed by atoms with Crippen molar-refractivity contribution >= 4 is 11.9 Å². The van der Waals surface area contributed by atoms with E-state index in [0.29, 0.717) is 26.1 Å². The maximum Gasteiger partial charge on any atom is 0.306 e. The van der Waals surface area contributed by atoms with E-state index in [9.17, 15) is 9.59 Å². The van der Waals surface area contributed by atoms with Crippen LogP contribution in [0.15, 0.2) is 0 Å². The third-order valence-electron chi connectivity index (χ3n) is 8.14.